The summed E-state index contributed by atoms with van der Waals surface area (Å²) in [4.78, 5) is 4.78. The normalized spacial score (nSPS) is 12.2. The van der Waals surface area contributed by atoms with Crippen molar-refractivity contribution < 1.29 is 0 Å². The molecule has 10 aromatic rings. The molecule has 0 spiro atoms. The molecule has 1 aliphatic rings. The Morgan fingerprint density at radius 1 is 0.375 bits per heavy atom. The van der Waals surface area contributed by atoms with Gasteiger partial charge in [-0.1, -0.05) is 103 Å². The third kappa shape index (κ3) is 3.40. The molecule has 0 amide bonds. The molecule has 0 radical (unpaired) electrons. The molecule has 7 aromatic carbocycles. The Labute approximate surface area is 276 Å². The number of hydrogen-bond acceptors (Lipinski definition) is 1. The first-order chi connectivity index (χ1) is 23.8. The summed E-state index contributed by atoms with van der Waals surface area (Å²) in [5.41, 5.74) is 14.4. The van der Waals surface area contributed by atoms with Gasteiger partial charge in [-0.2, -0.15) is 0 Å². The molecule has 0 fully saturated rings. The van der Waals surface area contributed by atoms with Crippen LogP contribution in [0.25, 0.3) is 99.3 Å². The monoisotopic (exact) mass is 609 g/mol. The van der Waals surface area contributed by atoms with Crippen molar-refractivity contribution in [2.24, 2.45) is 0 Å². The van der Waals surface area contributed by atoms with E-state index in [0.29, 0.717) is 0 Å². The lowest BCUT2D eigenvalue weighted by Crippen LogP contribution is -1.96. The number of hydrogen-bond donors (Lipinski definition) is 0. The third-order valence-corrected chi connectivity index (χ3v) is 10.3. The number of pyridine rings is 1. The molecule has 3 nitrogen and oxygen atoms in total. The van der Waals surface area contributed by atoms with Gasteiger partial charge < -0.3 is 9.13 Å². The van der Waals surface area contributed by atoms with Crippen LogP contribution in [0.1, 0.15) is 0 Å². The Morgan fingerprint density at radius 2 is 1.04 bits per heavy atom. The van der Waals surface area contributed by atoms with Crippen molar-refractivity contribution >= 4 is 54.4 Å². The Kier molecular flexibility index (Phi) is 5.11. The van der Waals surface area contributed by atoms with Gasteiger partial charge in [0.2, 0.25) is 0 Å². The molecule has 0 saturated carbocycles. The van der Waals surface area contributed by atoms with E-state index in [4.69, 9.17) is 4.98 Å². The standard InChI is InChI=1S/C45H27N3/c1-2-10-30(11-3-1)47-39-17-6-4-12-31(39)33-21-19-29(27-43(33)47)28-20-23-42-38(26-28)32-13-5-7-18-40(32)48(42)41-24-22-34-35-16-9-25-46-45(35)37-15-8-14-36(41)44(34)37/h1-27H. The molecule has 222 valence electrons. The van der Waals surface area contributed by atoms with E-state index in [0.717, 1.165) is 5.69 Å². The van der Waals surface area contributed by atoms with Crippen LogP contribution in [0, 0.1) is 0 Å². The molecule has 0 unspecified atom stereocenters. The summed E-state index contributed by atoms with van der Waals surface area (Å²) in [6, 6.07) is 57.5. The van der Waals surface area contributed by atoms with Crippen LogP contribution in [0.2, 0.25) is 0 Å². The number of fused-ring (bicyclic) bond motifs is 9. The quantitative estimate of drug-likeness (QED) is 0.195. The van der Waals surface area contributed by atoms with Gasteiger partial charge in [-0.15, -0.1) is 0 Å². The van der Waals surface area contributed by atoms with Crippen LogP contribution < -0.4 is 0 Å². The zero-order chi connectivity index (χ0) is 31.3. The average molecular weight is 610 g/mol. The minimum absolute atomic E-state index is 1.07. The minimum atomic E-state index is 1.07. The number of para-hydroxylation sites is 3. The maximum atomic E-state index is 4.78. The first-order valence-corrected chi connectivity index (χ1v) is 16.5. The second kappa shape index (κ2) is 9.54. The number of nitrogens with zero attached hydrogens (tertiary/aromatic N) is 3. The molecule has 0 aliphatic heterocycles. The van der Waals surface area contributed by atoms with Crippen molar-refractivity contribution in [3.05, 3.63) is 164 Å². The van der Waals surface area contributed by atoms with Gasteiger partial charge in [0, 0.05) is 55.3 Å². The highest BCUT2D eigenvalue weighted by molar-refractivity contribution is 6.18. The summed E-state index contributed by atoms with van der Waals surface area (Å²) in [5, 5.41) is 7.57. The van der Waals surface area contributed by atoms with Gasteiger partial charge in [-0.05, 0) is 71.3 Å². The van der Waals surface area contributed by atoms with E-state index in [2.05, 4.69) is 161 Å². The van der Waals surface area contributed by atoms with Gasteiger partial charge >= 0.3 is 0 Å². The van der Waals surface area contributed by atoms with Crippen molar-refractivity contribution in [2.45, 2.75) is 0 Å². The molecule has 3 aromatic heterocycles. The summed E-state index contributed by atoms with van der Waals surface area (Å²) in [6.45, 7) is 0. The van der Waals surface area contributed by atoms with Crippen molar-refractivity contribution in [2.75, 3.05) is 0 Å². The highest BCUT2D eigenvalue weighted by Crippen LogP contribution is 2.48. The van der Waals surface area contributed by atoms with Gasteiger partial charge in [-0.3, -0.25) is 4.98 Å². The van der Waals surface area contributed by atoms with Gasteiger partial charge in [0.15, 0.2) is 0 Å². The maximum absolute atomic E-state index is 4.78. The van der Waals surface area contributed by atoms with E-state index >= 15 is 0 Å². The fraction of sp³-hybridized carbons (Fsp3) is 0. The van der Waals surface area contributed by atoms with Crippen LogP contribution in [-0.4, -0.2) is 14.1 Å². The molecule has 0 bridgehead atoms. The molecule has 0 saturated heterocycles. The Morgan fingerprint density at radius 3 is 1.92 bits per heavy atom. The number of rotatable bonds is 3. The lowest BCUT2D eigenvalue weighted by molar-refractivity contribution is 1.18. The van der Waals surface area contributed by atoms with Gasteiger partial charge in [-0.25, -0.2) is 0 Å². The molecule has 48 heavy (non-hydrogen) atoms. The lowest BCUT2D eigenvalue weighted by atomic mass is 10.0. The van der Waals surface area contributed by atoms with Crippen LogP contribution in [-0.2, 0) is 0 Å². The van der Waals surface area contributed by atoms with Crippen LogP contribution in [0.3, 0.4) is 0 Å². The highest BCUT2D eigenvalue weighted by atomic mass is 15.0. The summed E-state index contributed by atoms with van der Waals surface area (Å²) < 4.78 is 4.84. The predicted molar refractivity (Wildman–Crippen MR) is 200 cm³/mol. The Hall–Kier alpha value is -6.45. The summed E-state index contributed by atoms with van der Waals surface area (Å²) in [7, 11) is 0. The van der Waals surface area contributed by atoms with Crippen LogP contribution >= 0.6 is 0 Å². The molecule has 11 rings (SSSR count). The Bertz CT molecular complexity index is 2910. The first-order valence-electron chi connectivity index (χ1n) is 16.5. The SMILES string of the molecule is c1ccc(-n2c3ccccc3c3ccc(-c4ccc5c(c4)c4ccccc4n5-c4ccc5c6c(cccc46)-c4ncccc4-5)cc32)cc1. The number of aromatic nitrogens is 3. The van der Waals surface area contributed by atoms with Crippen molar-refractivity contribution in [3.63, 3.8) is 0 Å². The summed E-state index contributed by atoms with van der Waals surface area (Å²) in [6.07, 6.45) is 1.90. The number of benzene rings is 7. The Balaban J connectivity index is 1.14. The molecular weight excluding hydrogens is 583 g/mol. The van der Waals surface area contributed by atoms with Crippen LogP contribution in [0.5, 0.6) is 0 Å². The molecule has 0 atom stereocenters. The largest absolute Gasteiger partial charge is 0.309 e. The smallest absolute Gasteiger partial charge is 0.0786 e. The van der Waals surface area contributed by atoms with Crippen molar-refractivity contribution in [3.8, 4) is 44.9 Å². The predicted octanol–water partition coefficient (Wildman–Crippen LogP) is 11.7. The molecule has 1 aliphatic carbocycles. The zero-order valence-corrected chi connectivity index (χ0v) is 25.9. The minimum Gasteiger partial charge on any atom is -0.309 e. The van der Waals surface area contributed by atoms with Crippen molar-refractivity contribution in [1.29, 1.82) is 0 Å². The zero-order valence-electron chi connectivity index (χ0n) is 25.9. The van der Waals surface area contributed by atoms with E-state index in [1.165, 1.54) is 93.6 Å². The fourth-order valence-corrected chi connectivity index (χ4v) is 8.26. The lowest BCUT2D eigenvalue weighted by Gasteiger charge is -2.13. The second-order valence-corrected chi connectivity index (χ2v) is 12.8. The summed E-state index contributed by atoms with van der Waals surface area (Å²) in [5.74, 6) is 0. The van der Waals surface area contributed by atoms with E-state index in [1.807, 2.05) is 12.3 Å². The molecule has 0 N–H and O–H groups in total. The van der Waals surface area contributed by atoms with Gasteiger partial charge in [0.25, 0.3) is 0 Å². The van der Waals surface area contributed by atoms with E-state index in [1.54, 1.807) is 0 Å². The molecular formula is C45H27N3. The first kappa shape index (κ1) is 25.7. The summed E-state index contributed by atoms with van der Waals surface area (Å²) >= 11 is 0. The van der Waals surface area contributed by atoms with Gasteiger partial charge in [0.05, 0.1) is 33.4 Å². The van der Waals surface area contributed by atoms with E-state index in [9.17, 15) is 0 Å². The van der Waals surface area contributed by atoms with E-state index < -0.39 is 0 Å². The average Bonchev–Trinajstić information content (AvgIpc) is 3.78. The second-order valence-electron chi connectivity index (χ2n) is 12.8. The third-order valence-electron chi connectivity index (χ3n) is 10.3. The van der Waals surface area contributed by atoms with Crippen molar-refractivity contribution in [1.82, 2.24) is 14.1 Å². The fourth-order valence-electron chi connectivity index (χ4n) is 8.26. The maximum Gasteiger partial charge on any atom is 0.0786 e. The molecule has 3 heterocycles. The van der Waals surface area contributed by atoms with Crippen LogP contribution in [0.4, 0.5) is 0 Å². The highest BCUT2D eigenvalue weighted by Gasteiger charge is 2.24. The van der Waals surface area contributed by atoms with Crippen LogP contribution in [0.15, 0.2) is 164 Å². The van der Waals surface area contributed by atoms with Gasteiger partial charge in [0.1, 0.15) is 0 Å². The topological polar surface area (TPSA) is 22.8 Å². The molecule has 3 heteroatoms. The van der Waals surface area contributed by atoms with E-state index in [-0.39, 0.29) is 0 Å².